The Morgan fingerprint density at radius 2 is 1.85 bits per heavy atom. The fourth-order valence-electron chi connectivity index (χ4n) is 3.84. The van der Waals surface area contributed by atoms with Crippen molar-refractivity contribution in [3.05, 3.63) is 39.9 Å². The Bertz CT molecular complexity index is 831. The van der Waals surface area contributed by atoms with Gasteiger partial charge in [-0.15, -0.1) is 12.4 Å². The summed E-state index contributed by atoms with van der Waals surface area (Å²) in [6.45, 7) is 2.94. The Hall–Kier alpha value is -3.12. The first-order chi connectivity index (χ1) is 15.8. The number of piperidine rings is 1. The molecule has 1 atom stereocenters. The SMILES string of the molecule is Cl.NC(=O)[C@@H](CCCNC(N)=N[N+](=O)[O-])N(Cc1ccc(O)cc1)C(=O)CCN1CCCCC1. The van der Waals surface area contributed by atoms with Crippen LogP contribution in [-0.4, -0.2) is 69.9 Å². The molecule has 12 nitrogen and oxygen atoms in total. The molecule has 2 amide bonds. The molecule has 1 aromatic rings. The van der Waals surface area contributed by atoms with Crippen LogP contribution in [0.15, 0.2) is 29.4 Å². The topological polar surface area (TPSA) is 180 Å². The number of carbonyl (C=O) groups is 2. The molecule has 1 aliphatic heterocycles. The number of amides is 2. The van der Waals surface area contributed by atoms with Gasteiger partial charge < -0.3 is 31.7 Å². The van der Waals surface area contributed by atoms with Crippen LogP contribution in [0.1, 0.15) is 44.1 Å². The highest BCUT2D eigenvalue weighted by Gasteiger charge is 2.28. The van der Waals surface area contributed by atoms with Gasteiger partial charge >= 0.3 is 0 Å². The largest absolute Gasteiger partial charge is 0.508 e. The van der Waals surface area contributed by atoms with Crippen molar-refractivity contribution in [1.82, 2.24) is 15.1 Å². The number of benzene rings is 1. The van der Waals surface area contributed by atoms with Gasteiger partial charge in [0, 0.05) is 26.1 Å². The summed E-state index contributed by atoms with van der Waals surface area (Å²) in [5.41, 5.74) is 11.8. The second kappa shape index (κ2) is 14.9. The minimum Gasteiger partial charge on any atom is -0.508 e. The number of hydrogen-bond acceptors (Lipinski definition) is 6. The summed E-state index contributed by atoms with van der Waals surface area (Å²) in [6.07, 6.45) is 4.33. The van der Waals surface area contributed by atoms with Gasteiger partial charge in [0.15, 0.2) is 5.03 Å². The van der Waals surface area contributed by atoms with Crippen LogP contribution >= 0.6 is 12.4 Å². The number of phenols is 1. The number of nitrogens with zero attached hydrogens (tertiary/aromatic N) is 4. The first-order valence-corrected chi connectivity index (χ1v) is 11.1. The zero-order chi connectivity index (χ0) is 24.2. The van der Waals surface area contributed by atoms with E-state index in [1.165, 1.54) is 23.5 Å². The van der Waals surface area contributed by atoms with E-state index in [0.29, 0.717) is 13.0 Å². The molecule has 2 rings (SSSR count). The van der Waals surface area contributed by atoms with Crippen molar-refractivity contribution in [1.29, 1.82) is 0 Å². The van der Waals surface area contributed by atoms with Crippen LogP contribution in [0.25, 0.3) is 0 Å². The highest BCUT2D eigenvalue weighted by Crippen LogP contribution is 2.17. The number of phenolic OH excluding ortho intramolecular Hbond substituents is 1. The number of likely N-dealkylation sites (tertiary alicyclic amines) is 1. The highest BCUT2D eigenvalue weighted by molar-refractivity contribution is 5.86. The maximum absolute atomic E-state index is 13.2. The number of nitro groups is 1. The average Bonchev–Trinajstić information content (AvgIpc) is 2.77. The van der Waals surface area contributed by atoms with Gasteiger partial charge in [-0.05, 0) is 56.5 Å². The van der Waals surface area contributed by atoms with Crippen LogP contribution in [-0.2, 0) is 16.1 Å². The fraction of sp³-hybridized carbons (Fsp3) is 0.571. The van der Waals surface area contributed by atoms with Gasteiger partial charge in [-0.3, -0.25) is 9.59 Å². The summed E-state index contributed by atoms with van der Waals surface area (Å²) in [6, 6.07) is 5.56. The number of rotatable bonds is 12. The number of primary amides is 1. The molecule has 1 fully saturated rings. The van der Waals surface area contributed by atoms with Crippen LogP contribution in [0.5, 0.6) is 5.75 Å². The summed E-state index contributed by atoms with van der Waals surface area (Å²) in [5, 5.41) is 24.5. The lowest BCUT2D eigenvalue weighted by Gasteiger charge is -2.32. The van der Waals surface area contributed by atoms with Crippen molar-refractivity contribution in [2.75, 3.05) is 26.2 Å². The molecule has 6 N–H and O–H groups in total. The molecule has 1 saturated heterocycles. The number of halogens is 1. The first-order valence-electron chi connectivity index (χ1n) is 11.1. The Labute approximate surface area is 204 Å². The summed E-state index contributed by atoms with van der Waals surface area (Å²) in [5.74, 6) is -1.05. The Balaban J connectivity index is 0.00000578. The van der Waals surface area contributed by atoms with Crippen molar-refractivity contribution in [3.63, 3.8) is 0 Å². The predicted molar refractivity (Wildman–Crippen MR) is 130 cm³/mol. The third-order valence-electron chi connectivity index (χ3n) is 5.55. The zero-order valence-corrected chi connectivity index (χ0v) is 19.9. The van der Waals surface area contributed by atoms with E-state index in [0.717, 1.165) is 31.5 Å². The second-order valence-electron chi connectivity index (χ2n) is 8.05. The molecule has 0 unspecified atom stereocenters. The monoisotopic (exact) mass is 499 g/mol. The average molecular weight is 500 g/mol. The molecule has 0 spiro atoms. The third-order valence-corrected chi connectivity index (χ3v) is 5.55. The molecule has 1 aliphatic rings. The van der Waals surface area contributed by atoms with Crippen LogP contribution in [0.3, 0.4) is 0 Å². The number of nitrogens with two attached hydrogens (primary N) is 2. The summed E-state index contributed by atoms with van der Waals surface area (Å²) < 4.78 is 0. The number of hydrogen-bond donors (Lipinski definition) is 4. The number of aromatic hydroxyl groups is 1. The van der Waals surface area contributed by atoms with Crippen LogP contribution < -0.4 is 16.8 Å². The molecule has 1 heterocycles. The minimum atomic E-state index is -0.908. The lowest BCUT2D eigenvalue weighted by atomic mass is 10.1. The number of hydrazone groups is 1. The lowest BCUT2D eigenvalue weighted by Crippen LogP contribution is -2.48. The van der Waals surface area contributed by atoms with E-state index in [2.05, 4.69) is 15.3 Å². The normalized spacial score (nSPS) is 15.1. The number of guanidine groups is 1. The van der Waals surface area contributed by atoms with Gasteiger partial charge in [0.25, 0.3) is 5.96 Å². The molecule has 34 heavy (non-hydrogen) atoms. The van der Waals surface area contributed by atoms with Crippen molar-refractivity contribution in [2.45, 2.75) is 51.1 Å². The number of carbonyl (C=O) groups excluding carboxylic acids is 2. The molecule has 0 aromatic heterocycles. The van der Waals surface area contributed by atoms with E-state index in [1.54, 1.807) is 12.1 Å². The van der Waals surface area contributed by atoms with Crippen LogP contribution in [0.2, 0.25) is 0 Å². The molecule has 0 radical (unpaired) electrons. The van der Waals surface area contributed by atoms with E-state index in [9.17, 15) is 24.8 Å². The van der Waals surface area contributed by atoms with Crippen LogP contribution in [0.4, 0.5) is 0 Å². The van der Waals surface area contributed by atoms with Gasteiger partial charge in [0.05, 0.1) is 0 Å². The van der Waals surface area contributed by atoms with Crippen molar-refractivity contribution >= 4 is 30.2 Å². The molecular weight excluding hydrogens is 466 g/mol. The fourth-order valence-corrected chi connectivity index (χ4v) is 3.84. The Kier molecular flexibility index (Phi) is 12.7. The zero-order valence-electron chi connectivity index (χ0n) is 19.1. The van der Waals surface area contributed by atoms with Crippen molar-refractivity contribution < 1.29 is 19.7 Å². The molecule has 1 aromatic carbocycles. The maximum Gasteiger partial charge on any atom is 0.266 e. The van der Waals surface area contributed by atoms with Crippen molar-refractivity contribution in [2.24, 2.45) is 16.6 Å². The molecule has 0 saturated carbocycles. The summed E-state index contributed by atoms with van der Waals surface area (Å²) in [7, 11) is 0. The molecular formula is C21H34ClN7O5. The standard InChI is InChI=1S/C21H33N7O5.ClH/c22-20(31)18(5-4-11-24-21(23)25-28(32)33)27(15-16-6-8-17(29)9-7-16)19(30)10-14-26-12-2-1-3-13-26;/h6-9,18,29H,1-5,10-15H2,(H2,22,31)(H3,23,24,25);1H/t18-;/m1./s1. The van der Waals surface area contributed by atoms with Gasteiger partial charge in [0.2, 0.25) is 11.8 Å². The molecule has 0 bridgehead atoms. The van der Waals surface area contributed by atoms with E-state index in [4.69, 9.17) is 11.5 Å². The van der Waals surface area contributed by atoms with Gasteiger partial charge in [-0.25, -0.2) is 10.1 Å². The second-order valence-corrected chi connectivity index (χ2v) is 8.05. The van der Waals surface area contributed by atoms with Crippen LogP contribution in [0, 0.1) is 10.1 Å². The summed E-state index contributed by atoms with van der Waals surface area (Å²) in [4.78, 5) is 39.5. The van der Waals surface area contributed by atoms with Gasteiger partial charge in [-0.2, -0.15) is 0 Å². The van der Waals surface area contributed by atoms with E-state index >= 15 is 0 Å². The lowest BCUT2D eigenvalue weighted by molar-refractivity contribution is -0.485. The quantitative estimate of drug-likeness (QED) is 0.107. The van der Waals surface area contributed by atoms with E-state index < -0.39 is 17.0 Å². The van der Waals surface area contributed by atoms with Gasteiger partial charge in [-0.1, -0.05) is 18.6 Å². The molecule has 0 aliphatic carbocycles. The first kappa shape index (κ1) is 28.9. The predicted octanol–water partition coefficient (Wildman–Crippen LogP) is 0.749. The third kappa shape index (κ3) is 10.2. The van der Waals surface area contributed by atoms with Crippen molar-refractivity contribution in [3.8, 4) is 5.75 Å². The van der Waals surface area contributed by atoms with Gasteiger partial charge in [0.1, 0.15) is 16.9 Å². The minimum absolute atomic E-state index is 0. The number of nitrogens with one attached hydrogen (secondary N) is 1. The Morgan fingerprint density at radius 3 is 2.44 bits per heavy atom. The molecule has 190 valence electrons. The molecule has 13 heteroatoms. The van der Waals surface area contributed by atoms with E-state index in [-0.39, 0.29) is 56.0 Å². The summed E-state index contributed by atoms with van der Waals surface area (Å²) >= 11 is 0. The maximum atomic E-state index is 13.2. The highest BCUT2D eigenvalue weighted by atomic mass is 35.5. The smallest absolute Gasteiger partial charge is 0.266 e. The Morgan fingerprint density at radius 1 is 1.21 bits per heavy atom. The van der Waals surface area contributed by atoms with E-state index in [1.807, 2.05) is 0 Å².